The number of halogens is 4. The number of hydrogen-bond donors (Lipinski definition) is 0. The van der Waals surface area contributed by atoms with E-state index in [1.54, 1.807) is 18.2 Å². The average Bonchev–Trinajstić information content (AvgIpc) is 2.32. The molecule has 0 aromatic heterocycles. The largest absolute Gasteiger partial charge is 0.207 e. The Bertz CT molecular complexity index is 534. The van der Waals surface area contributed by atoms with Crippen LogP contribution in [0.3, 0.4) is 0 Å². The number of alkyl halides is 1. The maximum atomic E-state index is 13.5. The summed E-state index contributed by atoms with van der Waals surface area (Å²) in [7, 11) is 0. The second-order valence-corrected chi connectivity index (χ2v) is 4.43. The molecule has 0 amide bonds. The summed E-state index contributed by atoms with van der Waals surface area (Å²) in [5.74, 6) is -1.86. The van der Waals surface area contributed by atoms with Gasteiger partial charge >= 0.3 is 0 Å². The van der Waals surface area contributed by atoms with E-state index >= 15 is 0 Å². The molecule has 1 atom stereocenters. The molecule has 18 heavy (non-hydrogen) atoms. The molecule has 0 aliphatic heterocycles. The van der Waals surface area contributed by atoms with Gasteiger partial charge in [0.15, 0.2) is 0 Å². The van der Waals surface area contributed by atoms with Crippen LogP contribution in [-0.2, 0) is 6.42 Å². The van der Waals surface area contributed by atoms with Crippen molar-refractivity contribution in [3.63, 3.8) is 0 Å². The van der Waals surface area contributed by atoms with E-state index in [1.807, 2.05) is 0 Å². The molecule has 0 radical (unpaired) electrons. The summed E-state index contributed by atoms with van der Waals surface area (Å²) in [4.78, 5) is 0. The summed E-state index contributed by atoms with van der Waals surface area (Å²) >= 11 is 5.98. The van der Waals surface area contributed by atoms with Crippen molar-refractivity contribution in [2.45, 2.75) is 11.8 Å². The molecule has 0 aliphatic rings. The van der Waals surface area contributed by atoms with E-state index in [1.165, 1.54) is 12.1 Å². The zero-order valence-corrected chi connectivity index (χ0v) is 10.1. The van der Waals surface area contributed by atoms with Crippen LogP contribution < -0.4 is 0 Å². The van der Waals surface area contributed by atoms with E-state index in [0.29, 0.717) is 5.56 Å². The third-order valence-electron chi connectivity index (χ3n) is 2.67. The van der Waals surface area contributed by atoms with Gasteiger partial charge in [-0.3, -0.25) is 0 Å². The van der Waals surface area contributed by atoms with Crippen LogP contribution in [0.25, 0.3) is 0 Å². The lowest BCUT2D eigenvalue weighted by Gasteiger charge is -2.12. The topological polar surface area (TPSA) is 0 Å². The van der Waals surface area contributed by atoms with Gasteiger partial charge in [-0.2, -0.15) is 0 Å². The molecule has 0 saturated heterocycles. The van der Waals surface area contributed by atoms with Crippen molar-refractivity contribution in [1.29, 1.82) is 0 Å². The van der Waals surface area contributed by atoms with Crippen molar-refractivity contribution in [3.8, 4) is 0 Å². The minimum atomic E-state index is -0.942. The highest BCUT2D eigenvalue weighted by molar-refractivity contribution is 6.21. The summed E-state index contributed by atoms with van der Waals surface area (Å²) in [5, 5.41) is -0.942. The molecule has 4 heteroatoms. The molecule has 0 N–H and O–H groups in total. The molecule has 0 nitrogen and oxygen atoms in total. The van der Waals surface area contributed by atoms with Gasteiger partial charge in [0, 0.05) is 5.56 Å². The molecule has 0 heterocycles. The molecular formula is C14H10ClF3. The maximum Gasteiger partial charge on any atom is 0.130 e. The van der Waals surface area contributed by atoms with Gasteiger partial charge in [-0.25, -0.2) is 13.2 Å². The van der Waals surface area contributed by atoms with Gasteiger partial charge in [0.25, 0.3) is 0 Å². The zero-order valence-electron chi connectivity index (χ0n) is 9.34. The molecule has 0 fully saturated rings. The first kappa shape index (κ1) is 13.0. The van der Waals surface area contributed by atoms with Gasteiger partial charge < -0.3 is 0 Å². The van der Waals surface area contributed by atoms with Crippen molar-refractivity contribution < 1.29 is 13.2 Å². The molecule has 2 aromatic rings. The molecular weight excluding hydrogens is 261 g/mol. The predicted molar refractivity (Wildman–Crippen MR) is 65.1 cm³/mol. The van der Waals surface area contributed by atoms with Gasteiger partial charge in [0.1, 0.15) is 17.5 Å². The molecule has 0 saturated carbocycles. The van der Waals surface area contributed by atoms with E-state index in [0.717, 1.165) is 12.1 Å². The van der Waals surface area contributed by atoms with E-state index in [4.69, 9.17) is 11.6 Å². The highest BCUT2D eigenvalue weighted by Gasteiger charge is 2.19. The Morgan fingerprint density at radius 2 is 1.39 bits per heavy atom. The van der Waals surface area contributed by atoms with Crippen molar-refractivity contribution in [3.05, 3.63) is 71.0 Å². The van der Waals surface area contributed by atoms with Gasteiger partial charge in [-0.1, -0.05) is 24.3 Å². The van der Waals surface area contributed by atoms with Crippen LogP contribution in [0.4, 0.5) is 13.2 Å². The smallest absolute Gasteiger partial charge is 0.130 e. The van der Waals surface area contributed by atoms with Gasteiger partial charge in [0.05, 0.1) is 5.38 Å². The van der Waals surface area contributed by atoms with E-state index in [9.17, 15) is 13.2 Å². The average molecular weight is 271 g/mol. The SMILES string of the molecule is Fc1ccccc1CC(Cl)c1c(F)cccc1F. The quantitative estimate of drug-likeness (QED) is 0.714. The highest BCUT2D eigenvalue weighted by Crippen LogP contribution is 2.30. The number of hydrogen-bond acceptors (Lipinski definition) is 0. The van der Waals surface area contributed by atoms with Crippen LogP contribution in [0.15, 0.2) is 42.5 Å². The molecule has 2 rings (SSSR count). The summed E-state index contributed by atoms with van der Waals surface area (Å²) in [5.41, 5.74) is 0.113. The Hall–Kier alpha value is -1.48. The molecule has 0 spiro atoms. The second kappa shape index (κ2) is 5.44. The fourth-order valence-electron chi connectivity index (χ4n) is 1.77. The van der Waals surface area contributed by atoms with Crippen LogP contribution in [-0.4, -0.2) is 0 Å². The first-order chi connectivity index (χ1) is 8.59. The van der Waals surface area contributed by atoms with Gasteiger partial charge in [0.2, 0.25) is 0 Å². The van der Waals surface area contributed by atoms with E-state index in [-0.39, 0.29) is 12.0 Å². The Labute approximate surface area is 108 Å². The first-order valence-corrected chi connectivity index (χ1v) is 5.84. The van der Waals surface area contributed by atoms with Gasteiger partial charge in [-0.15, -0.1) is 11.6 Å². The Kier molecular flexibility index (Phi) is 3.92. The first-order valence-electron chi connectivity index (χ1n) is 5.41. The summed E-state index contributed by atoms with van der Waals surface area (Å²) < 4.78 is 40.4. The Morgan fingerprint density at radius 1 is 0.833 bits per heavy atom. The zero-order chi connectivity index (χ0) is 13.1. The van der Waals surface area contributed by atoms with Crippen LogP contribution in [0.1, 0.15) is 16.5 Å². The number of benzene rings is 2. The standard InChI is InChI=1S/C14H10ClF3/c15-10(8-9-4-1-2-5-11(9)16)14-12(17)6-3-7-13(14)18/h1-7,10H,8H2. The third kappa shape index (κ3) is 2.67. The lowest BCUT2D eigenvalue weighted by atomic mass is 10.0. The van der Waals surface area contributed by atoms with E-state index in [2.05, 4.69) is 0 Å². The van der Waals surface area contributed by atoms with Crippen LogP contribution in [0, 0.1) is 17.5 Å². The minimum absolute atomic E-state index is 0.0338. The molecule has 0 aliphatic carbocycles. The lowest BCUT2D eigenvalue weighted by Crippen LogP contribution is -2.03. The van der Waals surface area contributed by atoms with Crippen LogP contribution >= 0.6 is 11.6 Å². The fourth-order valence-corrected chi connectivity index (χ4v) is 2.14. The van der Waals surface area contributed by atoms with Gasteiger partial charge in [-0.05, 0) is 30.2 Å². The lowest BCUT2D eigenvalue weighted by molar-refractivity contribution is 0.546. The van der Waals surface area contributed by atoms with Crippen molar-refractivity contribution >= 4 is 11.6 Å². The predicted octanol–water partition coefficient (Wildman–Crippen LogP) is 4.63. The van der Waals surface area contributed by atoms with Crippen molar-refractivity contribution in [2.24, 2.45) is 0 Å². The maximum absolute atomic E-state index is 13.5. The summed E-state index contributed by atoms with van der Waals surface area (Å²) in [6.45, 7) is 0. The van der Waals surface area contributed by atoms with Crippen molar-refractivity contribution in [2.75, 3.05) is 0 Å². The normalized spacial score (nSPS) is 12.4. The minimum Gasteiger partial charge on any atom is -0.207 e. The second-order valence-electron chi connectivity index (χ2n) is 3.90. The van der Waals surface area contributed by atoms with E-state index < -0.39 is 22.8 Å². The monoisotopic (exact) mass is 270 g/mol. The highest BCUT2D eigenvalue weighted by atomic mass is 35.5. The molecule has 94 valence electrons. The summed E-state index contributed by atoms with van der Waals surface area (Å²) in [6, 6.07) is 9.57. The Morgan fingerprint density at radius 3 is 2.00 bits per heavy atom. The van der Waals surface area contributed by atoms with Crippen LogP contribution in [0.2, 0.25) is 0 Å². The van der Waals surface area contributed by atoms with Crippen LogP contribution in [0.5, 0.6) is 0 Å². The molecule has 0 bridgehead atoms. The number of rotatable bonds is 3. The fraction of sp³-hybridized carbons (Fsp3) is 0.143. The molecule has 2 aromatic carbocycles. The van der Waals surface area contributed by atoms with Crippen molar-refractivity contribution in [1.82, 2.24) is 0 Å². The third-order valence-corrected chi connectivity index (χ3v) is 3.04. The molecule has 1 unspecified atom stereocenters. The Balaban J connectivity index is 2.28. The summed E-state index contributed by atoms with van der Waals surface area (Å²) in [6.07, 6.45) is 0.0338.